The lowest BCUT2D eigenvalue weighted by atomic mass is 9.82. The minimum atomic E-state index is -0.738. The zero-order valence-electron chi connectivity index (χ0n) is 16.7. The van der Waals surface area contributed by atoms with Crippen LogP contribution in [0.25, 0.3) is 0 Å². The van der Waals surface area contributed by atoms with E-state index in [4.69, 9.17) is 5.11 Å². The molecule has 6 heteroatoms. The van der Waals surface area contributed by atoms with Crippen LogP contribution in [0.2, 0.25) is 0 Å². The maximum absolute atomic E-state index is 11.4. The topological polar surface area (TPSA) is 91.8 Å². The quantitative estimate of drug-likeness (QED) is 0.768. The Balaban J connectivity index is 0.000000582. The number of carboxylic acids is 1. The molecule has 2 rings (SSSR count). The van der Waals surface area contributed by atoms with E-state index >= 15 is 0 Å². The van der Waals surface area contributed by atoms with Crippen molar-refractivity contribution >= 4 is 23.6 Å². The lowest BCUT2D eigenvalue weighted by molar-refractivity contribution is -0.144. The van der Waals surface area contributed by atoms with E-state index in [2.05, 4.69) is 20.8 Å². The molecule has 26 heavy (non-hydrogen) atoms. The van der Waals surface area contributed by atoms with E-state index in [0.717, 1.165) is 18.8 Å². The molecule has 6 nitrogen and oxygen atoms in total. The molecule has 1 aliphatic carbocycles. The van der Waals surface area contributed by atoms with Gasteiger partial charge in [-0.25, -0.2) is 0 Å². The second-order valence-corrected chi connectivity index (χ2v) is 7.39. The lowest BCUT2D eigenvalue weighted by Gasteiger charge is -2.28. The number of imide groups is 1. The van der Waals surface area contributed by atoms with Gasteiger partial charge in [0.1, 0.15) is 5.78 Å². The zero-order valence-corrected chi connectivity index (χ0v) is 16.7. The SMILES string of the molecule is CC(C)=O.CCC(C)C.O=C(O)C1CCC(CN2C(=O)C=CC2=O)CC1. The van der Waals surface area contributed by atoms with Crippen LogP contribution in [0.1, 0.15) is 66.7 Å². The highest BCUT2D eigenvalue weighted by atomic mass is 16.4. The highest BCUT2D eigenvalue weighted by Gasteiger charge is 2.30. The van der Waals surface area contributed by atoms with Crippen LogP contribution in [0, 0.1) is 17.8 Å². The first-order valence-electron chi connectivity index (χ1n) is 9.31. The van der Waals surface area contributed by atoms with E-state index < -0.39 is 5.97 Å². The number of hydrogen-bond donors (Lipinski definition) is 1. The summed E-state index contributed by atoms with van der Waals surface area (Å²) in [6.45, 7) is 10.1. The van der Waals surface area contributed by atoms with Gasteiger partial charge in [0.15, 0.2) is 0 Å². The van der Waals surface area contributed by atoms with Crippen molar-refractivity contribution in [3.05, 3.63) is 12.2 Å². The fourth-order valence-corrected chi connectivity index (χ4v) is 2.46. The Labute approximate surface area is 156 Å². The minimum Gasteiger partial charge on any atom is -0.481 e. The third-order valence-electron chi connectivity index (χ3n) is 4.35. The van der Waals surface area contributed by atoms with E-state index in [1.165, 1.54) is 37.3 Å². The molecule has 0 atom stereocenters. The van der Waals surface area contributed by atoms with Gasteiger partial charge in [0.05, 0.1) is 5.92 Å². The average Bonchev–Trinajstić information content (AvgIpc) is 2.87. The van der Waals surface area contributed by atoms with Crippen LogP contribution in [-0.2, 0) is 19.2 Å². The largest absolute Gasteiger partial charge is 0.481 e. The summed E-state index contributed by atoms with van der Waals surface area (Å²) in [6, 6.07) is 0. The smallest absolute Gasteiger partial charge is 0.306 e. The van der Waals surface area contributed by atoms with E-state index in [0.29, 0.717) is 19.4 Å². The average molecular weight is 367 g/mol. The van der Waals surface area contributed by atoms with E-state index in [9.17, 15) is 19.2 Å². The Morgan fingerprint density at radius 1 is 1.08 bits per heavy atom. The molecule has 0 radical (unpaired) electrons. The van der Waals surface area contributed by atoms with Gasteiger partial charge < -0.3 is 9.90 Å². The van der Waals surface area contributed by atoms with Crippen LogP contribution in [0.15, 0.2) is 12.2 Å². The van der Waals surface area contributed by atoms with Gasteiger partial charge in [0, 0.05) is 18.7 Å². The third kappa shape index (κ3) is 10.1. The normalized spacial score (nSPS) is 21.7. The number of carbonyl (C=O) groups excluding carboxylic acids is 3. The van der Waals surface area contributed by atoms with E-state index in [-0.39, 0.29) is 29.4 Å². The number of hydrogen-bond acceptors (Lipinski definition) is 4. The van der Waals surface area contributed by atoms with Gasteiger partial charge in [0.25, 0.3) is 11.8 Å². The van der Waals surface area contributed by atoms with Crippen LogP contribution in [0.4, 0.5) is 0 Å². The number of Topliss-reactive ketones (excluding diaryl/α,β-unsaturated/α-hetero) is 1. The van der Waals surface area contributed by atoms with Gasteiger partial charge in [-0.05, 0) is 51.4 Å². The van der Waals surface area contributed by atoms with Gasteiger partial charge in [-0.1, -0.05) is 27.2 Å². The van der Waals surface area contributed by atoms with Crippen molar-refractivity contribution in [2.75, 3.05) is 6.54 Å². The number of ketones is 1. The third-order valence-corrected chi connectivity index (χ3v) is 4.35. The first kappa shape index (κ1) is 24.0. The highest BCUT2D eigenvalue weighted by Crippen LogP contribution is 2.30. The van der Waals surface area contributed by atoms with Crippen molar-refractivity contribution in [2.45, 2.75) is 66.7 Å². The molecule has 1 fully saturated rings. The van der Waals surface area contributed by atoms with Crippen molar-refractivity contribution in [1.82, 2.24) is 4.90 Å². The Morgan fingerprint density at radius 3 is 1.77 bits per heavy atom. The molecule has 148 valence electrons. The van der Waals surface area contributed by atoms with Gasteiger partial charge in [-0.3, -0.25) is 19.3 Å². The molecule has 1 saturated carbocycles. The lowest BCUT2D eigenvalue weighted by Crippen LogP contribution is -2.36. The standard InChI is InChI=1S/C12H15NO4.C5H12.C3H6O/c14-10-5-6-11(15)13(10)7-8-1-3-9(4-2-8)12(16)17;1-4-5(2)3;1-3(2)4/h5-6,8-9H,1-4,7H2,(H,16,17);5H,4H2,1-3H3;1-2H3. The van der Waals surface area contributed by atoms with Crippen molar-refractivity contribution in [3.63, 3.8) is 0 Å². The molecule has 0 aromatic rings. The van der Waals surface area contributed by atoms with Crippen molar-refractivity contribution in [1.29, 1.82) is 0 Å². The summed E-state index contributed by atoms with van der Waals surface area (Å²) in [4.78, 5) is 44.2. The summed E-state index contributed by atoms with van der Waals surface area (Å²) < 4.78 is 0. The minimum absolute atomic E-state index is 0.167. The molecule has 1 aliphatic heterocycles. The van der Waals surface area contributed by atoms with Gasteiger partial charge in [0.2, 0.25) is 0 Å². The number of nitrogens with zero attached hydrogens (tertiary/aromatic N) is 1. The molecule has 0 aromatic heterocycles. The second-order valence-electron chi connectivity index (χ2n) is 7.39. The number of amides is 2. The number of carbonyl (C=O) groups is 4. The molecule has 2 amide bonds. The summed E-state index contributed by atoms with van der Waals surface area (Å²) >= 11 is 0. The van der Waals surface area contributed by atoms with Crippen LogP contribution >= 0.6 is 0 Å². The highest BCUT2D eigenvalue weighted by molar-refractivity contribution is 6.12. The molecular formula is C20H33NO5. The molecule has 1 heterocycles. The number of carboxylic acid groups (broad SMARTS) is 1. The molecule has 0 bridgehead atoms. The summed E-state index contributed by atoms with van der Waals surface area (Å²) in [5.41, 5.74) is 0. The number of rotatable bonds is 4. The maximum atomic E-state index is 11.4. The predicted octanol–water partition coefficient (Wildman–Crippen LogP) is 3.45. The predicted molar refractivity (Wildman–Crippen MR) is 100 cm³/mol. The molecule has 0 spiro atoms. The van der Waals surface area contributed by atoms with Crippen molar-refractivity contribution < 1.29 is 24.3 Å². The van der Waals surface area contributed by atoms with Crippen molar-refractivity contribution in [3.8, 4) is 0 Å². The molecule has 0 unspecified atom stereocenters. The Kier molecular flexibility index (Phi) is 11.4. The van der Waals surface area contributed by atoms with Gasteiger partial charge in [-0.2, -0.15) is 0 Å². The maximum Gasteiger partial charge on any atom is 0.306 e. The Bertz CT molecular complexity index is 494. The molecule has 2 aliphatic rings. The van der Waals surface area contributed by atoms with Crippen LogP contribution in [0.5, 0.6) is 0 Å². The fraction of sp³-hybridized carbons (Fsp3) is 0.700. The van der Waals surface area contributed by atoms with E-state index in [1.807, 2.05) is 0 Å². The van der Waals surface area contributed by atoms with Crippen LogP contribution < -0.4 is 0 Å². The molecule has 0 aromatic carbocycles. The Morgan fingerprint density at radius 2 is 1.46 bits per heavy atom. The Hall–Kier alpha value is -1.98. The van der Waals surface area contributed by atoms with Crippen LogP contribution in [-0.4, -0.2) is 40.1 Å². The molecule has 0 saturated heterocycles. The summed E-state index contributed by atoms with van der Waals surface area (Å²) in [7, 11) is 0. The first-order valence-corrected chi connectivity index (χ1v) is 9.31. The fourth-order valence-electron chi connectivity index (χ4n) is 2.46. The van der Waals surface area contributed by atoms with Crippen molar-refractivity contribution in [2.24, 2.45) is 17.8 Å². The number of aliphatic carboxylic acids is 1. The van der Waals surface area contributed by atoms with E-state index in [1.54, 1.807) is 0 Å². The summed E-state index contributed by atoms with van der Waals surface area (Å²) in [5, 5.41) is 8.86. The second kappa shape index (κ2) is 12.4. The van der Waals surface area contributed by atoms with Gasteiger partial charge in [-0.15, -0.1) is 0 Å². The van der Waals surface area contributed by atoms with Gasteiger partial charge >= 0.3 is 5.97 Å². The molecule has 1 N–H and O–H groups in total. The van der Waals surface area contributed by atoms with Crippen LogP contribution in [0.3, 0.4) is 0 Å². The zero-order chi connectivity index (χ0) is 20.3. The monoisotopic (exact) mass is 367 g/mol. The molecular weight excluding hydrogens is 334 g/mol. The summed E-state index contributed by atoms with van der Waals surface area (Å²) in [6.07, 6.45) is 6.70. The summed E-state index contributed by atoms with van der Waals surface area (Å²) in [5.74, 6) is -0.202. The first-order chi connectivity index (χ1) is 12.1.